The van der Waals surface area contributed by atoms with E-state index >= 15 is 0 Å². The van der Waals surface area contributed by atoms with Crippen LogP contribution in [0.3, 0.4) is 0 Å². The summed E-state index contributed by atoms with van der Waals surface area (Å²) >= 11 is 0. The zero-order valence-electron chi connectivity index (χ0n) is 12.0. The number of hydrogen-bond acceptors (Lipinski definition) is 4. The summed E-state index contributed by atoms with van der Waals surface area (Å²) in [6, 6.07) is 6.24. The molecule has 0 aliphatic carbocycles. The molecule has 106 valence electrons. The summed E-state index contributed by atoms with van der Waals surface area (Å²) < 4.78 is 5.98. The number of aliphatic hydroxyl groups excluding tert-OH is 1. The van der Waals surface area contributed by atoms with Crippen LogP contribution in [0.25, 0.3) is 0 Å². The number of nitrogens with zero attached hydrogens (tertiary/aromatic N) is 1. The molecule has 2 atom stereocenters. The Hall–Kier alpha value is -1.26. The summed E-state index contributed by atoms with van der Waals surface area (Å²) in [6.07, 6.45) is 0.624. The molecule has 0 saturated heterocycles. The van der Waals surface area contributed by atoms with Gasteiger partial charge in [-0.1, -0.05) is 13.0 Å². The van der Waals surface area contributed by atoms with Gasteiger partial charge in [0.25, 0.3) is 0 Å². The zero-order valence-corrected chi connectivity index (χ0v) is 12.0. The number of aliphatic hydroxyl groups is 1. The summed E-state index contributed by atoms with van der Waals surface area (Å²) in [5.41, 5.74) is 7.44. The molecule has 1 aliphatic rings. The first-order valence-electron chi connectivity index (χ1n) is 7.02. The summed E-state index contributed by atoms with van der Waals surface area (Å²) in [6.45, 7) is 7.62. The van der Waals surface area contributed by atoms with Crippen molar-refractivity contribution >= 4 is 5.69 Å². The second kappa shape index (κ2) is 5.80. The molecule has 19 heavy (non-hydrogen) atoms. The number of nitrogens with two attached hydrogens (primary N) is 1. The van der Waals surface area contributed by atoms with Crippen LogP contribution in [0, 0.1) is 0 Å². The van der Waals surface area contributed by atoms with Crippen molar-refractivity contribution in [1.29, 1.82) is 0 Å². The minimum absolute atomic E-state index is 0.235. The summed E-state index contributed by atoms with van der Waals surface area (Å²) in [5, 5.41) is 9.87. The molecule has 1 heterocycles. The molecule has 2 rings (SSSR count). The normalized spacial score (nSPS) is 20.1. The van der Waals surface area contributed by atoms with Crippen molar-refractivity contribution in [3.05, 3.63) is 23.8 Å². The highest BCUT2D eigenvalue weighted by Crippen LogP contribution is 2.37. The molecule has 0 radical (unpaired) electrons. The van der Waals surface area contributed by atoms with Crippen LogP contribution in [-0.2, 0) is 0 Å². The molecule has 0 saturated carbocycles. The smallest absolute Gasteiger partial charge is 0.143 e. The van der Waals surface area contributed by atoms with Crippen molar-refractivity contribution in [3.8, 4) is 5.75 Å². The standard InChI is InChI=1S/C15H24N2O2/c1-4-12-9-17(10(2)3)13-7-11(14(18)8-16)5-6-15(13)19-12/h5-7,10,12,14,18H,4,8-9,16H2,1-3H3. The van der Waals surface area contributed by atoms with Gasteiger partial charge < -0.3 is 20.5 Å². The van der Waals surface area contributed by atoms with E-state index in [1.54, 1.807) is 0 Å². The van der Waals surface area contributed by atoms with E-state index in [0.29, 0.717) is 6.04 Å². The molecule has 1 aromatic rings. The minimum Gasteiger partial charge on any atom is -0.486 e. The molecule has 4 heteroatoms. The van der Waals surface area contributed by atoms with Crippen LogP contribution in [-0.4, -0.2) is 30.3 Å². The zero-order chi connectivity index (χ0) is 14.0. The van der Waals surface area contributed by atoms with Gasteiger partial charge in [0.15, 0.2) is 0 Å². The van der Waals surface area contributed by atoms with Gasteiger partial charge in [-0.25, -0.2) is 0 Å². The van der Waals surface area contributed by atoms with Gasteiger partial charge in [-0.05, 0) is 38.0 Å². The lowest BCUT2D eigenvalue weighted by Crippen LogP contribution is -2.43. The van der Waals surface area contributed by atoms with E-state index in [4.69, 9.17) is 10.5 Å². The van der Waals surface area contributed by atoms with E-state index in [2.05, 4.69) is 25.7 Å². The highest BCUT2D eigenvalue weighted by Gasteiger charge is 2.27. The third-order valence-corrected chi connectivity index (χ3v) is 3.67. The van der Waals surface area contributed by atoms with E-state index in [0.717, 1.165) is 30.0 Å². The van der Waals surface area contributed by atoms with Crippen LogP contribution in [0.4, 0.5) is 5.69 Å². The number of hydrogen-bond donors (Lipinski definition) is 2. The summed E-state index contributed by atoms with van der Waals surface area (Å²) in [5.74, 6) is 0.903. The maximum atomic E-state index is 9.87. The first kappa shape index (κ1) is 14.2. The van der Waals surface area contributed by atoms with E-state index < -0.39 is 6.10 Å². The Balaban J connectivity index is 2.37. The van der Waals surface area contributed by atoms with Crippen LogP contribution in [0.15, 0.2) is 18.2 Å². The molecule has 0 bridgehead atoms. The predicted octanol–water partition coefficient (Wildman–Crippen LogP) is 2.06. The van der Waals surface area contributed by atoms with E-state index in [-0.39, 0.29) is 12.6 Å². The molecule has 0 aromatic heterocycles. The molecule has 2 unspecified atom stereocenters. The second-order valence-electron chi connectivity index (χ2n) is 5.37. The lowest BCUT2D eigenvalue weighted by Gasteiger charge is -2.39. The maximum absolute atomic E-state index is 9.87. The fourth-order valence-electron chi connectivity index (χ4n) is 2.44. The average Bonchev–Trinajstić information content (AvgIpc) is 2.44. The molecule has 4 nitrogen and oxygen atoms in total. The Morgan fingerprint density at radius 2 is 2.21 bits per heavy atom. The molecule has 1 aliphatic heterocycles. The monoisotopic (exact) mass is 264 g/mol. The third-order valence-electron chi connectivity index (χ3n) is 3.67. The largest absolute Gasteiger partial charge is 0.486 e. The number of benzene rings is 1. The van der Waals surface area contributed by atoms with Crippen LogP contribution in [0.5, 0.6) is 5.75 Å². The Bertz CT molecular complexity index is 434. The SMILES string of the molecule is CCC1CN(C(C)C)c2cc(C(O)CN)ccc2O1. The molecular weight excluding hydrogens is 240 g/mol. The van der Waals surface area contributed by atoms with Crippen LogP contribution in [0.2, 0.25) is 0 Å². The molecule has 0 amide bonds. The Morgan fingerprint density at radius 3 is 2.79 bits per heavy atom. The Morgan fingerprint density at radius 1 is 1.47 bits per heavy atom. The van der Waals surface area contributed by atoms with Gasteiger partial charge >= 0.3 is 0 Å². The highest BCUT2D eigenvalue weighted by atomic mass is 16.5. The van der Waals surface area contributed by atoms with Gasteiger partial charge in [0, 0.05) is 12.6 Å². The third kappa shape index (κ3) is 2.85. The number of ether oxygens (including phenoxy) is 1. The molecule has 3 N–H and O–H groups in total. The van der Waals surface area contributed by atoms with E-state index in [1.807, 2.05) is 18.2 Å². The fraction of sp³-hybridized carbons (Fsp3) is 0.600. The van der Waals surface area contributed by atoms with Crippen molar-refractivity contribution in [2.24, 2.45) is 5.73 Å². The minimum atomic E-state index is -0.608. The topological polar surface area (TPSA) is 58.7 Å². The molecular formula is C15H24N2O2. The Kier molecular flexibility index (Phi) is 4.32. The fourth-order valence-corrected chi connectivity index (χ4v) is 2.44. The predicted molar refractivity (Wildman–Crippen MR) is 77.6 cm³/mol. The molecule has 0 spiro atoms. The van der Waals surface area contributed by atoms with Gasteiger partial charge in [-0.15, -0.1) is 0 Å². The van der Waals surface area contributed by atoms with Crippen LogP contribution < -0.4 is 15.4 Å². The lowest BCUT2D eigenvalue weighted by atomic mass is 10.0. The number of anilines is 1. The molecule has 1 aromatic carbocycles. The second-order valence-corrected chi connectivity index (χ2v) is 5.37. The van der Waals surface area contributed by atoms with Gasteiger partial charge in [0.2, 0.25) is 0 Å². The molecule has 0 fully saturated rings. The van der Waals surface area contributed by atoms with Crippen molar-refractivity contribution < 1.29 is 9.84 Å². The van der Waals surface area contributed by atoms with Crippen molar-refractivity contribution in [2.75, 3.05) is 18.0 Å². The van der Waals surface area contributed by atoms with Crippen molar-refractivity contribution in [1.82, 2.24) is 0 Å². The number of rotatable bonds is 4. The maximum Gasteiger partial charge on any atom is 0.143 e. The first-order valence-corrected chi connectivity index (χ1v) is 7.02. The van der Waals surface area contributed by atoms with Gasteiger partial charge in [0.1, 0.15) is 11.9 Å². The average molecular weight is 264 g/mol. The van der Waals surface area contributed by atoms with Crippen LogP contribution >= 0.6 is 0 Å². The quantitative estimate of drug-likeness (QED) is 0.874. The van der Waals surface area contributed by atoms with Crippen molar-refractivity contribution in [2.45, 2.75) is 45.4 Å². The van der Waals surface area contributed by atoms with E-state index in [9.17, 15) is 5.11 Å². The van der Waals surface area contributed by atoms with Gasteiger partial charge in [-0.2, -0.15) is 0 Å². The highest BCUT2D eigenvalue weighted by molar-refractivity contribution is 5.62. The summed E-state index contributed by atoms with van der Waals surface area (Å²) in [7, 11) is 0. The summed E-state index contributed by atoms with van der Waals surface area (Å²) in [4.78, 5) is 2.33. The van der Waals surface area contributed by atoms with Crippen molar-refractivity contribution in [3.63, 3.8) is 0 Å². The lowest BCUT2D eigenvalue weighted by molar-refractivity contribution is 0.181. The Labute approximate surface area is 115 Å². The number of fused-ring (bicyclic) bond motifs is 1. The van der Waals surface area contributed by atoms with E-state index in [1.165, 1.54) is 0 Å². The van der Waals surface area contributed by atoms with Crippen LogP contribution in [0.1, 0.15) is 38.9 Å². The first-order chi connectivity index (χ1) is 9.06. The van der Waals surface area contributed by atoms with Gasteiger partial charge in [-0.3, -0.25) is 0 Å². The van der Waals surface area contributed by atoms with Gasteiger partial charge in [0.05, 0.1) is 18.3 Å².